The molecule has 1 aliphatic heterocycles. The van der Waals surface area contributed by atoms with Gasteiger partial charge in [-0.3, -0.25) is 4.79 Å². The predicted octanol–water partition coefficient (Wildman–Crippen LogP) is 3.72. The minimum absolute atomic E-state index is 0.00800. The van der Waals surface area contributed by atoms with Crippen LogP contribution in [-0.2, 0) is 16.0 Å². The zero-order valence-corrected chi connectivity index (χ0v) is 17.0. The normalized spacial score (nSPS) is 15.5. The molecular weight excluding hydrogens is 429 g/mol. The maximum Gasteiger partial charge on any atom is 0.416 e. The van der Waals surface area contributed by atoms with Gasteiger partial charge < -0.3 is 9.80 Å². The third-order valence-electron chi connectivity index (χ3n) is 4.72. The fourth-order valence-electron chi connectivity index (χ4n) is 3.10. The molecular formula is C19H18ClF3N2O3S. The first-order valence-electron chi connectivity index (χ1n) is 8.68. The van der Waals surface area contributed by atoms with Crippen LogP contribution in [-0.4, -0.2) is 51.7 Å². The fraction of sp³-hybridized carbons (Fsp3) is 0.316. The Kier molecular flexibility index (Phi) is 5.82. The van der Waals surface area contributed by atoms with Gasteiger partial charge in [0, 0.05) is 38.1 Å². The van der Waals surface area contributed by atoms with Gasteiger partial charge in [-0.15, -0.1) is 0 Å². The molecule has 1 amide bonds. The van der Waals surface area contributed by atoms with Crippen molar-refractivity contribution in [2.75, 3.05) is 37.3 Å². The van der Waals surface area contributed by atoms with Gasteiger partial charge in [0.15, 0.2) is 9.84 Å². The van der Waals surface area contributed by atoms with Crippen LogP contribution in [0.3, 0.4) is 0 Å². The average molecular weight is 447 g/mol. The summed E-state index contributed by atoms with van der Waals surface area (Å²) in [5.74, 6) is -0.382. The SMILES string of the molecule is CS(=O)(=O)c1ccc(Cl)c(C(=O)N2CCN(c3ccc(C(F)(F)F)cc3)CC2)c1. The van der Waals surface area contributed by atoms with Crippen molar-refractivity contribution in [1.82, 2.24) is 4.90 Å². The third kappa shape index (κ3) is 4.84. The molecule has 0 aromatic heterocycles. The highest BCUT2D eigenvalue weighted by Gasteiger charge is 2.30. The van der Waals surface area contributed by atoms with Crippen molar-refractivity contribution in [3.8, 4) is 0 Å². The number of amides is 1. The quantitative estimate of drug-likeness (QED) is 0.721. The molecule has 2 aromatic carbocycles. The minimum Gasteiger partial charge on any atom is -0.368 e. The third-order valence-corrected chi connectivity index (χ3v) is 6.16. The number of benzene rings is 2. The first-order valence-corrected chi connectivity index (χ1v) is 10.9. The second kappa shape index (κ2) is 7.87. The molecule has 1 heterocycles. The monoisotopic (exact) mass is 446 g/mol. The second-order valence-corrected chi connectivity index (χ2v) is 9.16. The van der Waals surface area contributed by atoms with E-state index in [4.69, 9.17) is 11.6 Å². The lowest BCUT2D eigenvalue weighted by Gasteiger charge is -2.36. The molecule has 0 atom stereocenters. The summed E-state index contributed by atoms with van der Waals surface area (Å²) in [6.07, 6.45) is -3.34. The van der Waals surface area contributed by atoms with E-state index in [9.17, 15) is 26.4 Å². The summed E-state index contributed by atoms with van der Waals surface area (Å²) >= 11 is 6.09. The van der Waals surface area contributed by atoms with Crippen LogP contribution in [0.4, 0.5) is 18.9 Å². The Labute approximate surface area is 171 Å². The summed E-state index contributed by atoms with van der Waals surface area (Å²) < 4.78 is 61.5. The molecule has 5 nitrogen and oxygen atoms in total. The molecule has 0 spiro atoms. The van der Waals surface area contributed by atoms with Crippen molar-refractivity contribution in [2.24, 2.45) is 0 Å². The summed E-state index contributed by atoms with van der Waals surface area (Å²) in [4.78, 5) is 16.2. The Hall–Kier alpha value is -2.26. The van der Waals surface area contributed by atoms with Gasteiger partial charge in [0.2, 0.25) is 0 Å². The molecule has 10 heteroatoms. The lowest BCUT2D eigenvalue weighted by atomic mass is 10.1. The number of carbonyl (C=O) groups excluding carboxylic acids is 1. The fourth-order valence-corrected chi connectivity index (χ4v) is 3.94. The summed E-state index contributed by atoms with van der Waals surface area (Å²) in [6.45, 7) is 1.53. The van der Waals surface area contributed by atoms with Crippen molar-refractivity contribution in [3.63, 3.8) is 0 Å². The second-order valence-electron chi connectivity index (χ2n) is 6.74. The van der Waals surface area contributed by atoms with Gasteiger partial charge in [0.25, 0.3) is 5.91 Å². The molecule has 1 aliphatic rings. The molecule has 2 aromatic rings. The van der Waals surface area contributed by atoms with E-state index in [1.54, 1.807) is 4.90 Å². The summed E-state index contributed by atoms with van der Waals surface area (Å²) in [6, 6.07) is 8.87. The number of hydrogen-bond acceptors (Lipinski definition) is 4. The van der Waals surface area contributed by atoms with Crippen molar-refractivity contribution in [2.45, 2.75) is 11.1 Å². The molecule has 1 saturated heterocycles. The van der Waals surface area contributed by atoms with E-state index in [1.807, 2.05) is 4.90 Å². The van der Waals surface area contributed by atoms with E-state index >= 15 is 0 Å². The number of sulfone groups is 1. The van der Waals surface area contributed by atoms with Crippen molar-refractivity contribution < 1.29 is 26.4 Å². The van der Waals surface area contributed by atoms with Gasteiger partial charge in [-0.05, 0) is 42.5 Å². The van der Waals surface area contributed by atoms with Crippen LogP contribution in [0.1, 0.15) is 15.9 Å². The van der Waals surface area contributed by atoms with Gasteiger partial charge in [-0.1, -0.05) is 11.6 Å². The van der Waals surface area contributed by atoms with E-state index in [-0.39, 0.29) is 21.4 Å². The smallest absolute Gasteiger partial charge is 0.368 e. The van der Waals surface area contributed by atoms with Crippen LogP contribution in [0.5, 0.6) is 0 Å². The Balaban J connectivity index is 1.70. The van der Waals surface area contributed by atoms with E-state index in [1.165, 1.54) is 30.3 Å². The summed E-state index contributed by atoms with van der Waals surface area (Å²) in [5.41, 5.74) is 0.0373. The number of rotatable bonds is 3. The molecule has 0 N–H and O–H groups in total. The highest BCUT2D eigenvalue weighted by Crippen LogP contribution is 2.31. The maximum atomic E-state index is 12.8. The summed E-state index contributed by atoms with van der Waals surface area (Å²) in [5, 5.41) is 0.160. The van der Waals surface area contributed by atoms with E-state index in [0.29, 0.717) is 31.9 Å². The molecule has 3 rings (SSSR count). The van der Waals surface area contributed by atoms with Crippen LogP contribution in [0, 0.1) is 0 Å². The number of hydrogen-bond donors (Lipinski definition) is 0. The molecule has 156 valence electrons. The first kappa shape index (κ1) is 21.4. The van der Waals surface area contributed by atoms with Crippen molar-refractivity contribution in [1.29, 1.82) is 0 Å². The van der Waals surface area contributed by atoms with Gasteiger partial charge >= 0.3 is 6.18 Å². The lowest BCUT2D eigenvalue weighted by molar-refractivity contribution is -0.137. The highest BCUT2D eigenvalue weighted by molar-refractivity contribution is 7.90. The minimum atomic E-state index is -4.39. The zero-order valence-electron chi connectivity index (χ0n) is 15.4. The predicted molar refractivity (Wildman–Crippen MR) is 104 cm³/mol. The number of nitrogens with zero attached hydrogens (tertiary/aromatic N) is 2. The highest BCUT2D eigenvalue weighted by atomic mass is 35.5. The number of piperazine rings is 1. The largest absolute Gasteiger partial charge is 0.416 e. The molecule has 0 aliphatic carbocycles. The van der Waals surface area contributed by atoms with Gasteiger partial charge in [0.05, 0.1) is 21.0 Å². The van der Waals surface area contributed by atoms with Gasteiger partial charge in [-0.2, -0.15) is 13.2 Å². The van der Waals surface area contributed by atoms with Crippen LogP contribution in [0.25, 0.3) is 0 Å². The van der Waals surface area contributed by atoms with E-state index < -0.39 is 21.6 Å². The van der Waals surface area contributed by atoms with Crippen LogP contribution in [0.15, 0.2) is 47.4 Å². The topological polar surface area (TPSA) is 57.7 Å². The Morgan fingerprint density at radius 3 is 2.10 bits per heavy atom. The maximum absolute atomic E-state index is 12.8. The Morgan fingerprint density at radius 1 is 1.00 bits per heavy atom. The standard InChI is InChI=1S/C19H18ClF3N2O3S/c1-29(27,28)15-6-7-17(20)16(12-15)18(26)25-10-8-24(9-11-25)14-4-2-13(3-5-14)19(21,22)23/h2-7,12H,8-11H2,1H3. The van der Waals surface area contributed by atoms with Crippen molar-refractivity contribution in [3.05, 3.63) is 58.6 Å². The number of anilines is 1. The summed E-state index contributed by atoms with van der Waals surface area (Å²) in [7, 11) is -3.48. The molecule has 0 unspecified atom stereocenters. The molecule has 0 saturated carbocycles. The van der Waals surface area contributed by atoms with Gasteiger partial charge in [0.1, 0.15) is 0 Å². The molecule has 29 heavy (non-hydrogen) atoms. The van der Waals surface area contributed by atoms with Crippen LogP contribution in [0.2, 0.25) is 5.02 Å². The van der Waals surface area contributed by atoms with Gasteiger partial charge in [-0.25, -0.2) is 8.42 Å². The van der Waals surface area contributed by atoms with E-state index in [2.05, 4.69) is 0 Å². The molecule has 1 fully saturated rings. The number of carbonyl (C=O) groups is 1. The first-order chi connectivity index (χ1) is 13.5. The number of halogens is 4. The molecule has 0 bridgehead atoms. The van der Waals surface area contributed by atoms with Crippen molar-refractivity contribution >= 4 is 33.0 Å². The Morgan fingerprint density at radius 2 is 1.59 bits per heavy atom. The van der Waals surface area contributed by atoms with Crippen LogP contribution >= 0.6 is 11.6 Å². The Bertz CT molecular complexity index is 1020. The van der Waals surface area contributed by atoms with Crippen LogP contribution < -0.4 is 4.90 Å². The average Bonchev–Trinajstić information content (AvgIpc) is 2.66. The lowest BCUT2D eigenvalue weighted by Crippen LogP contribution is -2.48. The zero-order chi connectivity index (χ0) is 21.4. The number of alkyl halides is 3. The molecule has 0 radical (unpaired) electrons. The van der Waals surface area contributed by atoms with E-state index in [0.717, 1.165) is 18.4 Å².